The van der Waals surface area contributed by atoms with Crippen molar-refractivity contribution in [3.8, 4) is 0 Å². The number of hydrogen-bond acceptors (Lipinski definition) is 8. The number of ether oxygens (including phenoxy) is 2. The Morgan fingerprint density at radius 3 is 0.965 bits per heavy atom. The van der Waals surface area contributed by atoms with E-state index in [1.807, 2.05) is 27.2 Å². The van der Waals surface area contributed by atoms with Gasteiger partial charge >= 0.3 is 11.9 Å². The van der Waals surface area contributed by atoms with Crippen LogP contribution in [0.5, 0.6) is 0 Å². The number of nitrogens with zero attached hydrogens (tertiary/aromatic N) is 1. The first-order valence-electron chi connectivity index (χ1n) is 32.4. The average Bonchev–Trinajstić information content (AvgIpc) is 3.70. The van der Waals surface area contributed by atoms with Gasteiger partial charge in [0.25, 0.3) is 7.82 Å². The molecule has 478 valence electrons. The minimum absolute atomic E-state index is 0.0581. The summed E-state index contributed by atoms with van der Waals surface area (Å²) in [6.07, 6.45) is 103. The number of phosphoric acid groups is 1. The number of hydrogen-bond donors (Lipinski definition) is 0. The van der Waals surface area contributed by atoms with Gasteiger partial charge in [0.1, 0.15) is 19.8 Å². The Balaban J connectivity index is 4.34. The first-order chi connectivity index (χ1) is 42.0. The van der Waals surface area contributed by atoms with E-state index in [-0.39, 0.29) is 26.1 Å². The van der Waals surface area contributed by atoms with Crippen LogP contribution in [0.2, 0.25) is 0 Å². The van der Waals surface area contributed by atoms with Crippen LogP contribution in [0.3, 0.4) is 0 Å². The lowest BCUT2D eigenvalue weighted by Crippen LogP contribution is -2.37. The van der Waals surface area contributed by atoms with Gasteiger partial charge in [-0.05, 0) is 148 Å². The van der Waals surface area contributed by atoms with E-state index >= 15 is 0 Å². The second-order valence-electron chi connectivity index (χ2n) is 21.7. The van der Waals surface area contributed by atoms with Crippen molar-refractivity contribution in [2.24, 2.45) is 0 Å². The van der Waals surface area contributed by atoms with Gasteiger partial charge in [-0.15, -0.1) is 0 Å². The van der Waals surface area contributed by atoms with Crippen LogP contribution in [0.15, 0.2) is 219 Å². The molecular formula is C76H116NO8P. The van der Waals surface area contributed by atoms with E-state index in [0.29, 0.717) is 30.3 Å². The first kappa shape index (κ1) is 80.3. The Morgan fingerprint density at radius 1 is 0.360 bits per heavy atom. The highest BCUT2D eigenvalue weighted by Gasteiger charge is 2.21. The summed E-state index contributed by atoms with van der Waals surface area (Å²) in [4.78, 5) is 38.0. The summed E-state index contributed by atoms with van der Waals surface area (Å²) in [5.41, 5.74) is 0. The molecule has 0 aliphatic heterocycles. The molecule has 0 amide bonds. The largest absolute Gasteiger partial charge is 0.756 e. The number of allylic oxidation sites excluding steroid dienone is 36. The predicted octanol–water partition coefficient (Wildman–Crippen LogP) is 20.6. The minimum Gasteiger partial charge on any atom is -0.756 e. The smallest absolute Gasteiger partial charge is 0.306 e. The van der Waals surface area contributed by atoms with E-state index in [1.54, 1.807) is 0 Å². The molecule has 0 N–H and O–H groups in total. The number of rotatable bonds is 56. The zero-order valence-corrected chi connectivity index (χ0v) is 55.0. The van der Waals surface area contributed by atoms with Crippen LogP contribution in [0.4, 0.5) is 0 Å². The quantitative estimate of drug-likeness (QED) is 0.0195. The normalized spacial score (nSPS) is 14.6. The van der Waals surface area contributed by atoms with Crippen LogP contribution in [-0.4, -0.2) is 70.0 Å². The molecule has 0 heterocycles. The number of carbonyl (C=O) groups is 2. The molecular weight excluding hydrogens is 1090 g/mol. The fraction of sp³-hybridized carbons (Fsp3) is 0.500. The second kappa shape index (κ2) is 63.8. The van der Waals surface area contributed by atoms with Gasteiger partial charge in [0.2, 0.25) is 0 Å². The number of unbranched alkanes of at least 4 members (excludes halogenated alkanes) is 6. The lowest BCUT2D eigenvalue weighted by atomic mass is 10.1. The van der Waals surface area contributed by atoms with Crippen molar-refractivity contribution >= 4 is 19.8 Å². The maximum Gasteiger partial charge on any atom is 0.306 e. The van der Waals surface area contributed by atoms with Gasteiger partial charge in [-0.3, -0.25) is 14.2 Å². The molecule has 0 bridgehead atoms. The van der Waals surface area contributed by atoms with E-state index < -0.39 is 32.5 Å². The summed E-state index contributed by atoms with van der Waals surface area (Å²) in [5.74, 6) is -0.948. The molecule has 0 aromatic rings. The standard InChI is InChI=1S/C76H116NO8P/c1-6-8-10-12-14-16-18-20-22-24-26-28-30-32-34-36-37-38-39-41-43-45-47-49-51-53-55-57-59-61-63-65-67-69-76(79)85-74(73-84-86(80,81)83-71-70-77(3,4)5)72-82-75(78)68-66-64-62-60-58-56-54-52-50-48-46-44-42-40-35-33-31-29-27-25-23-21-19-17-15-13-11-9-7-2/h8-11,14-17,20-23,26-29,32-35,37-38,41-44,47-50,53-56,60,62,74H,6-7,12-13,18-19,24-25,30-31,36,39-40,45-46,51-52,57-59,61,63-73H2,1-5H3/b10-8-,11-9-,16-14-,17-15-,22-20-,23-21-,28-26-,29-27-,34-32-,35-33-,38-37-,43-41-,44-42-,49-47-,50-48-,55-53-,56-54-,62-60-. The maximum atomic E-state index is 12.8. The third-order valence-corrected chi connectivity index (χ3v) is 13.5. The summed E-state index contributed by atoms with van der Waals surface area (Å²) in [6, 6.07) is 0. The Labute approximate surface area is 525 Å². The Hall–Kier alpha value is -5.67. The molecule has 0 saturated carbocycles. The highest BCUT2D eigenvalue weighted by atomic mass is 31.2. The van der Waals surface area contributed by atoms with Crippen molar-refractivity contribution in [3.63, 3.8) is 0 Å². The van der Waals surface area contributed by atoms with Gasteiger partial charge < -0.3 is 27.9 Å². The Bertz CT molecular complexity index is 2250. The summed E-state index contributed by atoms with van der Waals surface area (Å²) in [6.45, 7) is 3.88. The van der Waals surface area contributed by atoms with Crippen LogP contribution < -0.4 is 4.89 Å². The summed E-state index contributed by atoms with van der Waals surface area (Å²) >= 11 is 0. The van der Waals surface area contributed by atoms with Crippen LogP contribution in [0.1, 0.15) is 194 Å². The molecule has 0 aromatic heterocycles. The molecule has 86 heavy (non-hydrogen) atoms. The van der Waals surface area contributed by atoms with E-state index in [1.165, 1.54) is 0 Å². The fourth-order valence-electron chi connectivity index (χ4n) is 7.59. The van der Waals surface area contributed by atoms with Crippen molar-refractivity contribution < 1.29 is 42.1 Å². The summed E-state index contributed by atoms with van der Waals surface area (Å²) in [5, 5.41) is 0. The van der Waals surface area contributed by atoms with Crippen molar-refractivity contribution in [2.75, 3.05) is 47.5 Å². The van der Waals surface area contributed by atoms with Crippen LogP contribution in [-0.2, 0) is 32.7 Å². The fourth-order valence-corrected chi connectivity index (χ4v) is 8.32. The van der Waals surface area contributed by atoms with Gasteiger partial charge in [-0.2, -0.15) is 0 Å². The highest BCUT2D eigenvalue weighted by Crippen LogP contribution is 2.38. The van der Waals surface area contributed by atoms with Gasteiger partial charge in [-0.1, -0.05) is 252 Å². The monoisotopic (exact) mass is 1200 g/mol. The van der Waals surface area contributed by atoms with E-state index in [4.69, 9.17) is 18.5 Å². The molecule has 0 fully saturated rings. The topological polar surface area (TPSA) is 111 Å². The molecule has 2 atom stereocenters. The molecule has 0 rings (SSSR count). The van der Waals surface area contributed by atoms with Crippen LogP contribution >= 0.6 is 7.82 Å². The minimum atomic E-state index is -4.68. The molecule has 0 aliphatic carbocycles. The van der Waals surface area contributed by atoms with Crippen molar-refractivity contribution in [1.82, 2.24) is 0 Å². The Kier molecular flexibility index (Phi) is 59.6. The lowest BCUT2D eigenvalue weighted by molar-refractivity contribution is -0.870. The van der Waals surface area contributed by atoms with E-state index in [0.717, 1.165) is 148 Å². The van der Waals surface area contributed by atoms with Crippen LogP contribution in [0.25, 0.3) is 0 Å². The average molecular weight is 1200 g/mol. The number of quaternary nitrogens is 1. The SMILES string of the molecule is CC/C=C\C/C=C\C/C=C\C/C=C\C/C=C\C/C=C\C/C=C\C/C=C\C/C=C\CCCCCCCC(=O)OC(COC(=O)CCC/C=C\C/C=C\C/C=C\C/C=C\C/C=C\C/C=C\C/C=C\C/C=C\C/C=C\CC)COP(=O)([O-])OCC[N+](C)(C)C. The number of likely N-dealkylation sites (N-methyl/N-ethyl adjacent to an activating group) is 1. The van der Waals surface area contributed by atoms with Crippen molar-refractivity contribution in [2.45, 2.75) is 200 Å². The zero-order valence-electron chi connectivity index (χ0n) is 54.1. The zero-order chi connectivity index (χ0) is 62.6. The number of phosphoric ester groups is 1. The molecule has 9 nitrogen and oxygen atoms in total. The molecule has 2 unspecified atom stereocenters. The Morgan fingerprint density at radius 2 is 0.640 bits per heavy atom. The summed E-state index contributed by atoms with van der Waals surface area (Å²) in [7, 11) is 1.08. The van der Waals surface area contributed by atoms with Crippen molar-refractivity contribution in [3.05, 3.63) is 219 Å². The number of carbonyl (C=O) groups excluding carboxylic acids is 2. The van der Waals surface area contributed by atoms with Crippen molar-refractivity contribution in [1.29, 1.82) is 0 Å². The third kappa shape index (κ3) is 67.5. The molecule has 0 aromatic carbocycles. The van der Waals surface area contributed by atoms with Gasteiger partial charge in [0, 0.05) is 12.8 Å². The van der Waals surface area contributed by atoms with E-state index in [2.05, 4.69) is 227 Å². The van der Waals surface area contributed by atoms with E-state index in [9.17, 15) is 19.0 Å². The number of esters is 2. The van der Waals surface area contributed by atoms with Gasteiger partial charge in [-0.25, -0.2) is 0 Å². The molecule has 0 radical (unpaired) electrons. The molecule has 0 spiro atoms. The van der Waals surface area contributed by atoms with Gasteiger partial charge in [0.05, 0.1) is 27.7 Å². The first-order valence-corrected chi connectivity index (χ1v) is 33.9. The lowest BCUT2D eigenvalue weighted by Gasteiger charge is -2.28. The third-order valence-electron chi connectivity index (χ3n) is 12.5. The maximum absolute atomic E-state index is 12.8. The highest BCUT2D eigenvalue weighted by molar-refractivity contribution is 7.45. The summed E-state index contributed by atoms with van der Waals surface area (Å²) < 4.78 is 34.1. The molecule has 10 heteroatoms. The second-order valence-corrected chi connectivity index (χ2v) is 23.1. The van der Waals surface area contributed by atoms with Crippen LogP contribution in [0, 0.1) is 0 Å². The molecule has 0 aliphatic rings. The predicted molar refractivity (Wildman–Crippen MR) is 368 cm³/mol. The van der Waals surface area contributed by atoms with Gasteiger partial charge in [0.15, 0.2) is 6.10 Å². The molecule has 0 saturated heterocycles.